The molecule has 0 fully saturated rings. The van der Waals surface area contributed by atoms with Gasteiger partial charge >= 0.3 is 171 Å². The molecule has 0 aromatic heterocycles. The summed E-state index contributed by atoms with van der Waals surface area (Å²) in [4.78, 5) is 3.49. The zero-order valence-corrected chi connectivity index (χ0v) is 57.7. The number of allylic oxidation sites excluding steroid dienone is 4. The van der Waals surface area contributed by atoms with Crippen LogP contribution in [0, 0.1) is 13.8 Å². The number of aryl methyl sites for hydroxylation is 4. The van der Waals surface area contributed by atoms with Crippen LogP contribution < -0.4 is 0 Å². The molecule has 0 spiro atoms. The van der Waals surface area contributed by atoms with Crippen molar-refractivity contribution in [2.24, 2.45) is 0 Å². The first kappa shape index (κ1) is 78.3. The second kappa shape index (κ2) is 61.0. The first-order valence-electron chi connectivity index (χ1n) is 36.6. The molecule has 2 nitrogen and oxygen atoms in total. The van der Waals surface area contributed by atoms with Crippen LogP contribution in [0.5, 0.6) is 0 Å². The minimum atomic E-state index is 0.905. The van der Waals surface area contributed by atoms with Crippen molar-refractivity contribution in [3.05, 3.63) is 109 Å². The zero-order chi connectivity index (χ0) is 60.2. The van der Waals surface area contributed by atoms with Crippen LogP contribution in [0.1, 0.15) is 396 Å². The molecular weight excluding hydrogens is 1050 g/mol. The van der Waals surface area contributed by atoms with Crippen LogP contribution in [0.2, 0.25) is 0 Å². The minimum Gasteiger partial charge on any atom is -0.0654 e. The van der Waals surface area contributed by atoms with Crippen molar-refractivity contribution in [1.82, 2.24) is 0 Å². The Bertz CT molecular complexity index is 1840. The van der Waals surface area contributed by atoms with E-state index in [4.69, 9.17) is 0 Å². The van der Waals surface area contributed by atoms with Crippen LogP contribution in [-0.4, -0.2) is 10.7 Å². The fourth-order valence-electron chi connectivity index (χ4n) is 12.0. The van der Waals surface area contributed by atoms with Gasteiger partial charge in [0.2, 0.25) is 0 Å². The average Bonchev–Trinajstić information content (AvgIpc) is 3.69. The molecule has 0 atom stereocenters. The molecule has 2 rings (SSSR count). The smallest absolute Gasteiger partial charge is 0.0654 e. The van der Waals surface area contributed by atoms with Crippen molar-refractivity contribution in [2.45, 2.75) is 389 Å². The predicted octanol–water partition coefficient (Wildman–Crippen LogP) is 27.7. The number of nitrogens with zero attached hydrogens (tertiary/aromatic N) is 2. The standard InChI is InChI=1S/C38H56N2.2C21H41.Ni/c1-7-11-15-16-17-18-21-34(29-40-39)37(22-14-10-4)38(35-24-30(5)23-31(6)25-35)36-27-32(19-12-8-2)26-33(28-36)20-13-9-3;2*1-3-5-7-9-11-13-15-17-19-21-20-18-16-14-12-10-8-6-4-2;/h23-28H,7-22H2,1-6H3;2*1,3H,4-21H2,2H3;. The van der Waals surface area contributed by atoms with Crippen molar-refractivity contribution in [2.75, 3.05) is 0 Å². The Balaban J connectivity index is 0.000000831. The normalized spacial score (nSPS) is 11.9. The van der Waals surface area contributed by atoms with Gasteiger partial charge < -0.3 is 5.53 Å². The van der Waals surface area contributed by atoms with Crippen LogP contribution in [0.15, 0.2) is 69.8 Å². The first-order valence-corrected chi connectivity index (χ1v) is 37.8. The van der Waals surface area contributed by atoms with Crippen molar-refractivity contribution in [1.29, 1.82) is 0 Å². The third kappa shape index (κ3) is 47.1. The van der Waals surface area contributed by atoms with Crippen molar-refractivity contribution < 1.29 is 19.2 Å². The summed E-state index contributed by atoms with van der Waals surface area (Å²) < 4.78 is 0. The number of rotatable bonds is 57. The maximum absolute atomic E-state index is 9.75. The molecule has 478 valence electrons. The predicted molar refractivity (Wildman–Crippen MR) is 371 cm³/mol. The van der Waals surface area contributed by atoms with Crippen LogP contribution >= 0.6 is 0 Å². The molecule has 2 aromatic rings. The molecular formula is C80H138N2Ni. The second-order valence-electron chi connectivity index (χ2n) is 25.5. The Hall–Kier alpha value is -2.69. The summed E-state index contributed by atoms with van der Waals surface area (Å²) in [5, 5.41) is 4.65. The Morgan fingerprint density at radius 1 is 0.361 bits per heavy atom. The minimum absolute atomic E-state index is 0.905. The van der Waals surface area contributed by atoms with E-state index >= 15 is 0 Å². The number of hydrogen-bond acceptors (Lipinski definition) is 0. The Morgan fingerprint density at radius 3 is 1.01 bits per heavy atom. The number of unbranched alkanes of at least 4 members (excludes halogenated alkanes) is 42. The van der Waals surface area contributed by atoms with Gasteiger partial charge in [-0.1, -0.05) is 243 Å². The van der Waals surface area contributed by atoms with Gasteiger partial charge in [-0.3, -0.25) is 0 Å². The van der Waals surface area contributed by atoms with E-state index in [1.54, 1.807) is 14.4 Å². The molecule has 0 aliphatic carbocycles. The molecule has 0 bridgehead atoms. The Morgan fingerprint density at radius 2 is 0.675 bits per heavy atom. The molecule has 0 N–H and O–H groups in total. The molecule has 2 aromatic carbocycles. The summed E-state index contributed by atoms with van der Waals surface area (Å²) in [6, 6.07) is 14.3. The van der Waals surface area contributed by atoms with Gasteiger partial charge in [-0.2, -0.15) is 0 Å². The molecule has 0 amide bonds. The van der Waals surface area contributed by atoms with Gasteiger partial charge in [0.05, 0.1) is 5.57 Å². The SMILES string of the molecule is CCCCCCCCC(=C=[N+]=[N-])C(CCCC)=C(c1cc(C)cc(C)c1)c1cc(CCCC)cc(CCCC)c1.CCCCCCCCCCCCCCCCCCCC=[CH][Ni][CH]=CCCCCCCCCCCCCCCCCCCC. The molecule has 3 heteroatoms. The van der Waals surface area contributed by atoms with Crippen LogP contribution in [0.4, 0.5) is 0 Å². The quantitative estimate of drug-likeness (QED) is 0.0158. The van der Waals surface area contributed by atoms with Gasteiger partial charge in [0.1, 0.15) is 0 Å². The molecule has 0 saturated heterocycles. The Labute approximate surface area is 525 Å². The van der Waals surface area contributed by atoms with E-state index < -0.39 is 0 Å². The van der Waals surface area contributed by atoms with E-state index in [1.807, 2.05) is 0 Å². The van der Waals surface area contributed by atoms with E-state index in [2.05, 4.69) is 125 Å². The molecule has 0 aliphatic heterocycles. The maximum atomic E-state index is 9.75. The zero-order valence-electron chi connectivity index (χ0n) is 56.8. The van der Waals surface area contributed by atoms with Gasteiger partial charge in [-0.05, 0) is 98.6 Å². The van der Waals surface area contributed by atoms with Crippen LogP contribution in [0.3, 0.4) is 0 Å². The summed E-state index contributed by atoms with van der Waals surface area (Å²) in [7, 11) is 0. The molecule has 0 unspecified atom stereocenters. The van der Waals surface area contributed by atoms with Gasteiger partial charge in [0.15, 0.2) is 0 Å². The molecule has 0 radical (unpaired) electrons. The van der Waals surface area contributed by atoms with E-state index in [0.717, 1.165) is 50.5 Å². The van der Waals surface area contributed by atoms with Crippen molar-refractivity contribution in [3.63, 3.8) is 0 Å². The van der Waals surface area contributed by atoms with Gasteiger partial charge in [0.25, 0.3) is 0 Å². The van der Waals surface area contributed by atoms with Crippen molar-refractivity contribution >= 4 is 11.4 Å². The molecule has 0 heterocycles. The summed E-state index contributed by atoms with van der Waals surface area (Å²) in [5.74, 6) is 3.08. The van der Waals surface area contributed by atoms with Gasteiger partial charge in [-0.15, -0.1) is 4.79 Å². The first-order chi connectivity index (χ1) is 40.9. The van der Waals surface area contributed by atoms with Crippen molar-refractivity contribution in [3.8, 4) is 0 Å². The number of hydrogen-bond donors (Lipinski definition) is 0. The average molecular weight is 1190 g/mol. The van der Waals surface area contributed by atoms with E-state index in [-0.39, 0.29) is 0 Å². The van der Waals surface area contributed by atoms with Crippen LogP contribution in [0.25, 0.3) is 11.1 Å². The van der Waals surface area contributed by atoms with E-state index in [9.17, 15) is 5.53 Å². The van der Waals surface area contributed by atoms with Crippen LogP contribution in [-0.2, 0) is 27.3 Å². The van der Waals surface area contributed by atoms with E-state index in [1.165, 1.54) is 333 Å². The topological polar surface area (TPSA) is 36.4 Å². The van der Waals surface area contributed by atoms with Gasteiger partial charge in [-0.25, -0.2) is 0 Å². The monoisotopic (exact) mass is 1190 g/mol. The second-order valence-corrected chi connectivity index (χ2v) is 26.5. The summed E-state index contributed by atoms with van der Waals surface area (Å²) in [5.41, 5.74) is 21.5. The third-order valence-electron chi connectivity index (χ3n) is 17.1. The fraction of sp³-hybridized carbons (Fsp3) is 0.750. The Kier molecular flexibility index (Phi) is 57.5. The number of benzene rings is 2. The van der Waals surface area contributed by atoms with E-state index in [0.29, 0.717) is 0 Å². The summed E-state index contributed by atoms with van der Waals surface area (Å²) in [6.45, 7) is 18.1. The molecule has 0 aliphatic rings. The van der Waals surface area contributed by atoms with Gasteiger partial charge in [0, 0.05) is 0 Å². The fourth-order valence-corrected chi connectivity index (χ4v) is 12.7. The summed E-state index contributed by atoms with van der Waals surface area (Å²) >= 11 is 1.69. The summed E-state index contributed by atoms with van der Waals surface area (Å²) in [6.07, 6.45) is 75.5. The molecule has 0 saturated carbocycles. The third-order valence-corrected chi connectivity index (χ3v) is 18.0. The molecule has 83 heavy (non-hydrogen) atoms.